The molecule has 0 heterocycles. The number of carbonyl (C=O) groups is 1. The van der Waals surface area contributed by atoms with Gasteiger partial charge in [0.05, 0.1) is 11.6 Å². The lowest BCUT2D eigenvalue weighted by atomic mass is 10.1. The summed E-state index contributed by atoms with van der Waals surface area (Å²) in [6.45, 7) is 1.58. The lowest BCUT2D eigenvalue weighted by molar-refractivity contribution is 0.0691. The van der Waals surface area contributed by atoms with Crippen LogP contribution < -0.4 is 4.74 Å². The molecular weight excluding hydrogens is 255 g/mol. The number of aromatic carboxylic acids is 1. The molecule has 0 aromatic heterocycles. The molecule has 1 aromatic rings. The second kappa shape index (κ2) is 3.96. The van der Waals surface area contributed by atoms with Gasteiger partial charge in [0.2, 0.25) is 0 Å². The number of halogens is 2. The van der Waals surface area contributed by atoms with Crippen molar-refractivity contribution in [2.24, 2.45) is 0 Å². The van der Waals surface area contributed by atoms with Crippen LogP contribution >= 0.6 is 15.9 Å². The molecule has 5 heteroatoms. The smallest absolute Gasteiger partial charge is 0.340 e. The van der Waals surface area contributed by atoms with Crippen LogP contribution in [0.15, 0.2) is 10.5 Å². The number of hydrogen-bond acceptors (Lipinski definition) is 2. The van der Waals surface area contributed by atoms with Crippen LogP contribution in [0.5, 0.6) is 5.75 Å². The van der Waals surface area contributed by atoms with Gasteiger partial charge >= 0.3 is 5.97 Å². The molecule has 0 saturated carbocycles. The van der Waals surface area contributed by atoms with E-state index in [-0.39, 0.29) is 15.8 Å². The molecule has 0 unspecified atom stereocenters. The van der Waals surface area contributed by atoms with Crippen LogP contribution in [0.3, 0.4) is 0 Å². The molecule has 0 aliphatic carbocycles. The Bertz CT molecular complexity index is 390. The van der Waals surface area contributed by atoms with Gasteiger partial charge in [0, 0.05) is 0 Å². The molecule has 1 aromatic carbocycles. The Hall–Kier alpha value is -1.10. The first-order chi connectivity index (χ1) is 6.49. The molecule has 0 radical (unpaired) electrons. The quantitative estimate of drug-likeness (QED) is 0.892. The molecule has 1 rings (SSSR count). The molecule has 0 saturated heterocycles. The molecule has 0 atom stereocenters. The summed E-state index contributed by atoms with van der Waals surface area (Å²) < 4.78 is 18.0. The van der Waals surface area contributed by atoms with Crippen molar-refractivity contribution in [1.82, 2.24) is 0 Å². The zero-order valence-electron chi connectivity index (χ0n) is 7.60. The molecule has 1 N–H and O–H groups in total. The molecule has 0 spiro atoms. The van der Waals surface area contributed by atoms with Crippen LogP contribution in [0, 0.1) is 12.7 Å². The lowest BCUT2D eigenvalue weighted by Gasteiger charge is -2.10. The molecule has 0 fully saturated rings. The van der Waals surface area contributed by atoms with E-state index in [2.05, 4.69) is 15.9 Å². The van der Waals surface area contributed by atoms with Crippen molar-refractivity contribution in [1.29, 1.82) is 0 Å². The Labute approximate surface area is 88.6 Å². The minimum absolute atomic E-state index is 0.0903. The highest BCUT2D eigenvalue weighted by atomic mass is 79.9. The van der Waals surface area contributed by atoms with Gasteiger partial charge in [0.15, 0.2) is 0 Å². The van der Waals surface area contributed by atoms with Crippen molar-refractivity contribution in [2.75, 3.05) is 7.11 Å². The van der Waals surface area contributed by atoms with Crippen LogP contribution in [0.2, 0.25) is 0 Å². The molecule has 0 aliphatic rings. The fraction of sp³-hybridized carbons (Fsp3) is 0.222. The summed E-state index contributed by atoms with van der Waals surface area (Å²) in [5.41, 5.74) is 0.260. The highest BCUT2D eigenvalue weighted by molar-refractivity contribution is 9.10. The third-order valence-electron chi connectivity index (χ3n) is 1.78. The van der Waals surface area contributed by atoms with Gasteiger partial charge in [0.25, 0.3) is 0 Å². The Morgan fingerprint density at radius 3 is 2.64 bits per heavy atom. The van der Waals surface area contributed by atoms with E-state index in [0.29, 0.717) is 5.56 Å². The summed E-state index contributed by atoms with van der Waals surface area (Å²) in [7, 11) is 1.35. The van der Waals surface area contributed by atoms with E-state index in [1.807, 2.05) is 0 Å². The fourth-order valence-corrected chi connectivity index (χ4v) is 1.65. The third-order valence-corrected chi connectivity index (χ3v) is 2.55. The van der Waals surface area contributed by atoms with Crippen molar-refractivity contribution in [3.8, 4) is 5.75 Å². The maximum atomic E-state index is 13.2. The van der Waals surface area contributed by atoms with Crippen LogP contribution in [-0.2, 0) is 0 Å². The topological polar surface area (TPSA) is 46.5 Å². The molecule has 0 bridgehead atoms. The third kappa shape index (κ3) is 1.72. The van der Waals surface area contributed by atoms with E-state index in [1.165, 1.54) is 13.2 Å². The normalized spacial score (nSPS) is 10.0. The summed E-state index contributed by atoms with van der Waals surface area (Å²) >= 11 is 2.87. The van der Waals surface area contributed by atoms with E-state index in [1.54, 1.807) is 6.92 Å². The Morgan fingerprint density at radius 2 is 2.21 bits per heavy atom. The molecular formula is C9H8BrFO3. The number of carboxylic acid groups (broad SMARTS) is 1. The average Bonchev–Trinajstić information content (AvgIpc) is 2.10. The number of carboxylic acids is 1. The molecule has 76 valence electrons. The Morgan fingerprint density at radius 1 is 1.64 bits per heavy atom. The predicted octanol–water partition coefficient (Wildman–Crippen LogP) is 2.60. The highest BCUT2D eigenvalue weighted by Crippen LogP contribution is 2.32. The van der Waals surface area contributed by atoms with Crippen molar-refractivity contribution >= 4 is 21.9 Å². The summed E-state index contributed by atoms with van der Waals surface area (Å²) in [4.78, 5) is 10.8. The fourth-order valence-electron chi connectivity index (χ4n) is 1.19. The van der Waals surface area contributed by atoms with Gasteiger partial charge < -0.3 is 9.84 Å². The van der Waals surface area contributed by atoms with E-state index in [0.717, 1.165) is 0 Å². The Balaban J connectivity index is 3.56. The summed E-state index contributed by atoms with van der Waals surface area (Å²) in [6, 6.07) is 1.22. The molecule has 0 amide bonds. The Kier molecular flexibility index (Phi) is 3.10. The predicted molar refractivity (Wildman–Crippen MR) is 52.3 cm³/mol. The minimum atomic E-state index is -1.23. The van der Waals surface area contributed by atoms with Gasteiger partial charge in [-0.25, -0.2) is 9.18 Å². The molecule has 14 heavy (non-hydrogen) atoms. The summed E-state index contributed by atoms with van der Waals surface area (Å²) in [5.74, 6) is -1.66. The van der Waals surface area contributed by atoms with Crippen LogP contribution in [-0.4, -0.2) is 18.2 Å². The molecule has 3 nitrogen and oxygen atoms in total. The first-order valence-corrected chi connectivity index (χ1v) is 4.54. The van der Waals surface area contributed by atoms with E-state index in [9.17, 15) is 9.18 Å². The maximum absolute atomic E-state index is 13.2. The average molecular weight is 263 g/mol. The monoisotopic (exact) mass is 262 g/mol. The van der Waals surface area contributed by atoms with Crippen molar-refractivity contribution in [3.05, 3.63) is 27.5 Å². The van der Waals surface area contributed by atoms with Crippen LogP contribution in [0.4, 0.5) is 4.39 Å². The molecule has 0 aliphatic heterocycles. The van der Waals surface area contributed by atoms with Gasteiger partial charge in [-0.1, -0.05) is 0 Å². The van der Waals surface area contributed by atoms with Crippen molar-refractivity contribution in [2.45, 2.75) is 6.92 Å². The summed E-state index contributed by atoms with van der Waals surface area (Å²) in [6.07, 6.45) is 0. The second-order valence-electron chi connectivity index (χ2n) is 2.70. The number of benzene rings is 1. The van der Waals surface area contributed by atoms with Gasteiger partial charge in [-0.05, 0) is 34.5 Å². The first kappa shape index (κ1) is 11.0. The lowest BCUT2D eigenvalue weighted by Crippen LogP contribution is -2.05. The maximum Gasteiger partial charge on any atom is 0.340 e. The van der Waals surface area contributed by atoms with Gasteiger partial charge in [-0.2, -0.15) is 0 Å². The zero-order valence-corrected chi connectivity index (χ0v) is 9.18. The standard InChI is InChI=1S/C9H8BrFO3/c1-4-3-5(11)7(10)6(9(12)13)8(4)14-2/h3H,1-2H3,(H,12,13). The van der Waals surface area contributed by atoms with E-state index in [4.69, 9.17) is 9.84 Å². The largest absolute Gasteiger partial charge is 0.496 e. The SMILES string of the molecule is COc1c(C)cc(F)c(Br)c1C(=O)O. The van der Waals surface area contributed by atoms with Gasteiger partial charge in [-0.15, -0.1) is 0 Å². The second-order valence-corrected chi connectivity index (χ2v) is 3.50. The minimum Gasteiger partial charge on any atom is -0.496 e. The number of rotatable bonds is 2. The van der Waals surface area contributed by atoms with E-state index < -0.39 is 11.8 Å². The number of aryl methyl sites for hydroxylation is 1. The zero-order chi connectivity index (χ0) is 10.9. The van der Waals surface area contributed by atoms with Gasteiger partial charge in [0.1, 0.15) is 17.1 Å². The first-order valence-electron chi connectivity index (χ1n) is 3.75. The van der Waals surface area contributed by atoms with Gasteiger partial charge in [-0.3, -0.25) is 0 Å². The van der Waals surface area contributed by atoms with E-state index >= 15 is 0 Å². The van der Waals surface area contributed by atoms with Crippen LogP contribution in [0.1, 0.15) is 15.9 Å². The number of hydrogen-bond donors (Lipinski definition) is 1. The summed E-state index contributed by atoms with van der Waals surface area (Å²) in [5, 5.41) is 8.85. The van der Waals surface area contributed by atoms with Crippen LogP contribution in [0.25, 0.3) is 0 Å². The van der Waals surface area contributed by atoms with Crippen molar-refractivity contribution < 1.29 is 19.0 Å². The number of ether oxygens (including phenoxy) is 1. The van der Waals surface area contributed by atoms with Crippen molar-refractivity contribution in [3.63, 3.8) is 0 Å². The number of methoxy groups -OCH3 is 1. The highest BCUT2D eigenvalue weighted by Gasteiger charge is 2.20.